The molecule has 0 heterocycles. The lowest BCUT2D eigenvalue weighted by molar-refractivity contribution is 0.731. The molecule has 0 amide bonds. The van der Waals surface area contributed by atoms with E-state index in [-0.39, 0.29) is 0 Å². The zero-order valence-corrected chi connectivity index (χ0v) is 7.59. The molecule has 0 spiro atoms. The molecule has 0 rings (SSSR count). The van der Waals surface area contributed by atoms with Gasteiger partial charge in [-0.15, -0.1) is 0 Å². The third-order valence-corrected chi connectivity index (χ3v) is 2.21. The summed E-state index contributed by atoms with van der Waals surface area (Å²) in [5, 5.41) is 0. The maximum atomic E-state index is 3.29. The monoisotopic (exact) mass is 147 g/mol. The van der Waals surface area contributed by atoms with Gasteiger partial charge in [-0.3, -0.25) is 4.72 Å². The fourth-order valence-electron chi connectivity index (χ4n) is 0.381. The van der Waals surface area contributed by atoms with Gasteiger partial charge in [0.15, 0.2) is 0 Å². The highest BCUT2D eigenvalue weighted by Crippen LogP contribution is 2.03. The van der Waals surface area contributed by atoms with E-state index in [1.165, 1.54) is 5.75 Å². The van der Waals surface area contributed by atoms with Crippen LogP contribution in [0.25, 0.3) is 0 Å². The molecule has 0 unspecified atom stereocenters. The summed E-state index contributed by atoms with van der Waals surface area (Å²) in [6, 6.07) is 0.605. The minimum atomic E-state index is 0.605. The van der Waals surface area contributed by atoms with Crippen LogP contribution in [-0.2, 0) is 0 Å². The quantitative estimate of drug-likeness (QED) is 0.612. The van der Waals surface area contributed by atoms with E-state index in [1.54, 1.807) is 0 Å². The van der Waals surface area contributed by atoms with Crippen molar-refractivity contribution in [2.24, 2.45) is 5.92 Å². The minimum absolute atomic E-state index is 0.605. The molecule has 0 radical (unpaired) electrons. The van der Waals surface area contributed by atoms with Gasteiger partial charge in [0.25, 0.3) is 0 Å². The van der Waals surface area contributed by atoms with Crippen molar-refractivity contribution in [1.29, 1.82) is 0 Å². The van der Waals surface area contributed by atoms with Crippen molar-refractivity contribution >= 4 is 11.9 Å². The van der Waals surface area contributed by atoms with E-state index in [9.17, 15) is 0 Å². The second-order valence-corrected chi connectivity index (χ2v) is 3.84. The summed E-state index contributed by atoms with van der Waals surface area (Å²) in [5.41, 5.74) is 0. The molecule has 1 N–H and O–H groups in total. The average Bonchev–Trinajstić information content (AvgIpc) is 1.63. The summed E-state index contributed by atoms with van der Waals surface area (Å²) in [5.74, 6) is 2.00. The van der Waals surface area contributed by atoms with E-state index in [0.29, 0.717) is 6.04 Å². The van der Waals surface area contributed by atoms with E-state index >= 15 is 0 Å². The van der Waals surface area contributed by atoms with Gasteiger partial charge < -0.3 is 0 Å². The van der Waals surface area contributed by atoms with Crippen molar-refractivity contribution in [3.05, 3.63) is 0 Å². The Morgan fingerprint density at radius 1 is 1.22 bits per heavy atom. The molecule has 0 aliphatic carbocycles. The normalized spacial score (nSPS) is 11.3. The number of nitrogens with one attached hydrogen (secondary N) is 1. The molecule has 0 fully saturated rings. The standard InChI is InChI=1S/C7H17NS/c1-6(2)5-9-8-7(3)4/h6-8H,5H2,1-4H3. The summed E-state index contributed by atoms with van der Waals surface area (Å²) in [7, 11) is 0. The molecule has 56 valence electrons. The number of hydrogen-bond donors (Lipinski definition) is 1. The van der Waals surface area contributed by atoms with Gasteiger partial charge in [-0.1, -0.05) is 25.8 Å². The Balaban J connectivity index is 2.91. The highest BCUT2D eigenvalue weighted by molar-refractivity contribution is 7.97. The van der Waals surface area contributed by atoms with Crippen LogP contribution in [0.3, 0.4) is 0 Å². The Kier molecular flexibility index (Phi) is 5.30. The van der Waals surface area contributed by atoms with Crippen molar-refractivity contribution in [2.45, 2.75) is 33.7 Å². The Bertz CT molecular complexity index is 53.9. The van der Waals surface area contributed by atoms with Crippen LogP contribution in [0.5, 0.6) is 0 Å². The maximum Gasteiger partial charge on any atom is 0.0115 e. The van der Waals surface area contributed by atoms with Crippen LogP contribution in [0.2, 0.25) is 0 Å². The Labute approximate surface area is 62.7 Å². The molecule has 9 heavy (non-hydrogen) atoms. The van der Waals surface area contributed by atoms with Crippen LogP contribution < -0.4 is 4.72 Å². The molecule has 2 heteroatoms. The van der Waals surface area contributed by atoms with Gasteiger partial charge in [0.2, 0.25) is 0 Å². The summed E-state index contributed by atoms with van der Waals surface area (Å²) in [6.07, 6.45) is 0. The third-order valence-electron chi connectivity index (χ3n) is 0.736. The smallest absolute Gasteiger partial charge is 0.0115 e. The average molecular weight is 147 g/mol. The second-order valence-electron chi connectivity index (χ2n) is 2.98. The molecular formula is C7H17NS. The highest BCUT2D eigenvalue weighted by Gasteiger charge is 1.94. The molecule has 0 bridgehead atoms. The fraction of sp³-hybridized carbons (Fsp3) is 1.00. The molecule has 1 nitrogen and oxygen atoms in total. The van der Waals surface area contributed by atoms with Gasteiger partial charge in [-0.2, -0.15) is 0 Å². The van der Waals surface area contributed by atoms with Crippen LogP contribution in [0.15, 0.2) is 0 Å². The van der Waals surface area contributed by atoms with Gasteiger partial charge in [0.1, 0.15) is 0 Å². The molecule has 0 aliphatic rings. The van der Waals surface area contributed by atoms with Crippen molar-refractivity contribution in [1.82, 2.24) is 4.72 Å². The molecule has 0 aliphatic heterocycles. The topological polar surface area (TPSA) is 12.0 Å². The predicted octanol–water partition coefficient (Wildman–Crippen LogP) is 2.29. The van der Waals surface area contributed by atoms with Crippen molar-refractivity contribution < 1.29 is 0 Å². The molecular weight excluding hydrogens is 130 g/mol. The summed E-state index contributed by atoms with van der Waals surface area (Å²) >= 11 is 1.82. The van der Waals surface area contributed by atoms with E-state index in [1.807, 2.05) is 11.9 Å². The highest BCUT2D eigenvalue weighted by atomic mass is 32.2. The minimum Gasteiger partial charge on any atom is -0.262 e. The first-order chi connectivity index (χ1) is 4.13. The van der Waals surface area contributed by atoms with Gasteiger partial charge >= 0.3 is 0 Å². The van der Waals surface area contributed by atoms with Crippen LogP contribution >= 0.6 is 11.9 Å². The van der Waals surface area contributed by atoms with Crippen LogP contribution in [0, 0.1) is 5.92 Å². The van der Waals surface area contributed by atoms with Gasteiger partial charge in [-0.05, 0) is 19.8 Å². The lowest BCUT2D eigenvalue weighted by Gasteiger charge is -2.07. The van der Waals surface area contributed by atoms with Crippen LogP contribution in [0.4, 0.5) is 0 Å². The van der Waals surface area contributed by atoms with Gasteiger partial charge in [0, 0.05) is 11.8 Å². The third kappa shape index (κ3) is 8.31. The molecule has 0 atom stereocenters. The SMILES string of the molecule is CC(C)CSNC(C)C. The molecule has 0 aromatic rings. The lowest BCUT2D eigenvalue weighted by atomic mass is 10.3. The number of hydrogen-bond acceptors (Lipinski definition) is 2. The Morgan fingerprint density at radius 2 is 1.78 bits per heavy atom. The van der Waals surface area contributed by atoms with E-state index < -0.39 is 0 Å². The second kappa shape index (κ2) is 5.12. The largest absolute Gasteiger partial charge is 0.262 e. The van der Waals surface area contributed by atoms with Gasteiger partial charge in [-0.25, -0.2) is 0 Å². The van der Waals surface area contributed by atoms with E-state index in [2.05, 4.69) is 32.4 Å². The predicted molar refractivity (Wildman–Crippen MR) is 45.6 cm³/mol. The fourth-order valence-corrected chi connectivity index (χ4v) is 1.14. The molecule has 0 aromatic heterocycles. The molecule has 0 saturated carbocycles. The first-order valence-electron chi connectivity index (χ1n) is 3.50. The first-order valence-corrected chi connectivity index (χ1v) is 4.48. The van der Waals surface area contributed by atoms with Crippen molar-refractivity contribution in [2.75, 3.05) is 5.75 Å². The summed E-state index contributed by atoms with van der Waals surface area (Å²) in [6.45, 7) is 8.78. The first kappa shape index (κ1) is 9.31. The van der Waals surface area contributed by atoms with E-state index in [4.69, 9.17) is 0 Å². The zero-order chi connectivity index (χ0) is 7.28. The van der Waals surface area contributed by atoms with Crippen LogP contribution in [0.1, 0.15) is 27.7 Å². The van der Waals surface area contributed by atoms with Crippen molar-refractivity contribution in [3.8, 4) is 0 Å². The molecule has 0 aromatic carbocycles. The van der Waals surface area contributed by atoms with Crippen LogP contribution in [-0.4, -0.2) is 11.8 Å². The number of rotatable bonds is 4. The zero-order valence-electron chi connectivity index (χ0n) is 6.77. The maximum absolute atomic E-state index is 3.29. The summed E-state index contributed by atoms with van der Waals surface area (Å²) < 4.78 is 3.29. The Hall–Kier alpha value is 0.310. The molecule has 0 saturated heterocycles. The summed E-state index contributed by atoms with van der Waals surface area (Å²) in [4.78, 5) is 0. The van der Waals surface area contributed by atoms with E-state index in [0.717, 1.165) is 5.92 Å². The lowest BCUT2D eigenvalue weighted by Crippen LogP contribution is -2.15. The van der Waals surface area contributed by atoms with Gasteiger partial charge in [0.05, 0.1) is 0 Å². The Morgan fingerprint density at radius 3 is 2.11 bits per heavy atom. The van der Waals surface area contributed by atoms with Crippen molar-refractivity contribution in [3.63, 3.8) is 0 Å².